The van der Waals surface area contributed by atoms with Gasteiger partial charge in [-0.05, 0) is 48.9 Å². The van der Waals surface area contributed by atoms with Gasteiger partial charge in [-0.1, -0.05) is 19.9 Å². The summed E-state index contributed by atoms with van der Waals surface area (Å²) in [5.41, 5.74) is 11.9. The smallest absolute Gasteiger partial charge is 0.232 e. The zero-order chi connectivity index (χ0) is 13.4. The second kappa shape index (κ2) is 4.73. The Hall–Kier alpha value is -1.35. The van der Waals surface area contributed by atoms with Crippen LogP contribution < -0.4 is 11.1 Å². The molecule has 18 heavy (non-hydrogen) atoms. The maximum absolute atomic E-state index is 11.9. The van der Waals surface area contributed by atoms with Gasteiger partial charge in [0.05, 0.1) is 5.92 Å². The first-order valence-corrected chi connectivity index (χ1v) is 6.71. The lowest BCUT2D eigenvalue weighted by Gasteiger charge is -2.18. The topological polar surface area (TPSA) is 55.1 Å². The van der Waals surface area contributed by atoms with Gasteiger partial charge < -0.3 is 11.1 Å². The van der Waals surface area contributed by atoms with Gasteiger partial charge in [0, 0.05) is 11.7 Å². The standard InChI is InChI=1S/C15H22N2O/c1-5-10-12-7-11(13(16)6-2)8(3)9(4)14(12)17-15(10)18/h7,10,13H,5-6,16H2,1-4H3,(H,17,18). The molecule has 0 fully saturated rings. The van der Waals surface area contributed by atoms with E-state index in [9.17, 15) is 4.79 Å². The first-order valence-electron chi connectivity index (χ1n) is 6.71. The molecule has 3 N–H and O–H groups in total. The number of nitrogens with two attached hydrogens (primary N) is 1. The first kappa shape index (κ1) is 13.1. The molecule has 1 heterocycles. The zero-order valence-electron chi connectivity index (χ0n) is 11.6. The number of amides is 1. The molecule has 98 valence electrons. The average Bonchev–Trinajstić information content (AvgIpc) is 2.68. The van der Waals surface area contributed by atoms with Gasteiger partial charge in [0.2, 0.25) is 5.91 Å². The van der Waals surface area contributed by atoms with E-state index in [1.807, 2.05) is 6.92 Å². The maximum atomic E-state index is 11.9. The summed E-state index contributed by atoms with van der Waals surface area (Å²) in [6.45, 7) is 8.30. The van der Waals surface area contributed by atoms with E-state index in [4.69, 9.17) is 5.73 Å². The molecule has 0 saturated carbocycles. The van der Waals surface area contributed by atoms with Crippen LogP contribution in [0.15, 0.2) is 6.07 Å². The monoisotopic (exact) mass is 246 g/mol. The summed E-state index contributed by atoms with van der Waals surface area (Å²) in [7, 11) is 0. The van der Waals surface area contributed by atoms with Crippen LogP contribution in [-0.4, -0.2) is 5.91 Å². The lowest BCUT2D eigenvalue weighted by atomic mass is 9.88. The molecule has 1 amide bonds. The van der Waals surface area contributed by atoms with Gasteiger partial charge in [0.15, 0.2) is 0 Å². The summed E-state index contributed by atoms with van der Waals surface area (Å²) in [6.07, 6.45) is 1.75. The van der Waals surface area contributed by atoms with Gasteiger partial charge in [-0.2, -0.15) is 0 Å². The van der Waals surface area contributed by atoms with Crippen molar-refractivity contribution < 1.29 is 4.79 Å². The van der Waals surface area contributed by atoms with Crippen molar-refractivity contribution in [2.24, 2.45) is 5.73 Å². The van der Waals surface area contributed by atoms with Crippen LogP contribution in [0.1, 0.15) is 60.9 Å². The van der Waals surface area contributed by atoms with Crippen LogP contribution in [-0.2, 0) is 4.79 Å². The van der Waals surface area contributed by atoms with E-state index in [-0.39, 0.29) is 17.9 Å². The van der Waals surface area contributed by atoms with Crippen molar-refractivity contribution >= 4 is 11.6 Å². The quantitative estimate of drug-likeness (QED) is 0.860. The Morgan fingerprint density at radius 3 is 2.56 bits per heavy atom. The summed E-state index contributed by atoms with van der Waals surface area (Å²) >= 11 is 0. The molecule has 0 spiro atoms. The van der Waals surface area contributed by atoms with Crippen molar-refractivity contribution in [1.82, 2.24) is 0 Å². The Morgan fingerprint density at radius 2 is 2.00 bits per heavy atom. The van der Waals surface area contributed by atoms with Crippen molar-refractivity contribution in [3.05, 3.63) is 28.3 Å². The molecular formula is C15H22N2O. The molecule has 2 atom stereocenters. The second-order valence-electron chi connectivity index (χ2n) is 5.14. The summed E-state index contributed by atoms with van der Waals surface area (Å²) in [6, 6.07) is 2.19. The van der Waals surface area contributed by atoms with E-state index in [2.05, 4.69) is 32.2 Å². The Kier molecular flexibility index (Phi) is 3.44. The SMILES string of the molecule is CCC(N)c1cc2c(c(C)c1C)NC(=O)C2CC. The minimum atomic E-state index is -0.0119. The maximum Gasteiger partial charge on any atom is 0.232 e. The minimum absolute atomic E-state index is 0.0119. The van der Waals surface area contributed by atoms with Crippen molar-refractivity contribution in [1.29, 1.82) is 0 Å². The molecule has 3 nitrogen and oxygen atoms in total. The van der Waals surface area contributed by atoms with E-state index in [1.165, 1.54) is 11.1 Å². The van der Waals surface area contributed by atoms with Crippen molar-refractivity contribution in [3.8, 4) is 0 Å². The second-order valence-corrected chi connectivity index (χ2v) is 5.14. The largest absolute Gasteiger partial charge is 0.325 e. The van der Waals surface area contributed by atoms with E-state index < -0.39 is 0 Å². The third kappa shape index (κ3) is 1.83. The van der Waals surface area contributed by atoms with E-state index in [0.29, 0.717) is 0 Å². The van der Waals surface area contributed by atoms with Crippen molar-refractivity contribution in [2.75, 3.05) is 5.32 Å². The molecular weight excluding hydrogens is 224 g/mol. The number of hydrogen-bond acceptors (Lipinski definition) is 2. The fraction of sp³-hybridized carbons (Fsp3) is 0.533. The van der Waals surface area contributed by atoms with Gasteiger partial charge >= 0.3 is 0 Å². The van der Waals surface area contributed by atoms with Gasteiger partial charge in [-0.3, -0.25) is 4.79 Å². The number of fused-ring (bicyclic) bond motifs is 1. The van der Waals surface area contributed by atoms with Gasteiger partial charge in [0.25, 0.3) is 0 Å². The van der Waals surface area contributed by atoms with Gasteiger partial charge in [0.1, 0.15) is 0 Å². The van der Waals surface area contributed by atoms with Crippen molar-refractivity contribution in [3.63, 3.8) is 0 Å². The highest BCUT2D eigenvalue weighted by Gasteiger charge is 2.31. The zero-order valence-corrected chi connectivity index (χ0v) is 11.6. The number of carbonyl (C=O) groups excluding carboxylic acids is 1. The number of benzene rings is 1. The summed E-state index contributed by atoms with van der Waals surface area (Å²) in [4.78, 5) is 11.9. The highest BCUT2D eigenvalue weighted by Crippen LogP contribution is 2.40. The molecule has 0 aromatic heterocycles. The Bertz CT molecular complexity index is 494. The molecule has 0 aliphatic carbocycles. The number of anilines is 1. The molecule has 0 saturated heterocycles. The molecule has 1 aromatic rings. The van der Waals surface area contributed by atoms with Crippen LogP contribution in [0.5, 0.6) is 0 Å². The van der Waals surface area contributed by atoms with Gasteiger partial charge in [-0.25, -0.2) is 0 Å². The Balaban J connectivity index is 2.60. The summed E-state index contributed by atoms with van der Waals surface area (Å²) in [5.74, 6) is 0.110. The van der Waals surface area contributed by atoms with Crippen LogP contribution >= 0.6 is 0 Å². The third-order valence-electron chi connectivity index (χ3n) is 4.16. The number of carbonyl (C=O) groups is 1. The fourth-order valence-electron chi connectivity index (χ4n) is 2.77. The minimum Gasteiger partial charge on any atom is -0.325 e. The number of nitrogens with one attached hydrogen (secondary N) is 1. The Labute approximate surface area is 109 Å². The highest BCUT2D eigenvalue weighted by atomic mass is 16.2. The predicted molar refractivity (Wildman–Crippen MR) is 74.8 cm³/mol. The molecule has 1 aliphatic heterocycles. The van der Waals surface area contributed by atoms with Crippen LogP contribution in [0, 0.1) is 13.8 Å². The molecule has 2 rings (SSSR count). The Morgan fingerprint density at radius 1 is 1.33 bits per heavy atom. The normalized spacial score (nSPS) is 19.6. The van der Waals surface area contributed by atoms with Crippen LogP contribution in [0.3, 0.4) is 0 Å². The average molecular weight is 246 g/mol. The number of rotatable bonds is 3. The lowest BCUT2D eigenvalue weighted by Crippen LogP contribution is -2.12. The summed E-state index contributed by atoms with van der Waals surface area (Å²) in [5, 5.41) is 3.01. The van der Waals surface area contributed by atoms with Crippen LogP contribution in [0.25, 0.3) is 0 Å². The fourth-order valence-corrected chi connectivity index (χ4v) is 2.77. The van der Waals surface area contributed by atoms with Gasteiger partial charge in [-0.15, -0.1) is 0 Å². The highest BCUT2D eigenvalue weighted by molar-refractivity contribution is 6.04. The number of hydrogen-bond donors (Lipinski definition) is 2. The lowest BCUT2D eigenvalue weighted by molar-refractivity contribution is -0.117. The summed E-state index contributed by atoms with van der Waals surface area (Å²) < 4.78 is 0. The third-order valence-corrected chi connectivity index (χ3v) is 4.16. The molecule has 1 aliphatic rings. The first-order chi connectivity index (χ1) is 8.51. The van der Waals surface area contributed by atoms with E-state index in [0.717, 1.165) is 29.7 Å². The van der Waals surface area contributed by atoms with Crippen LogP contribution in [0.2, 0.25) is 0 Å². The molecule has 3 heteroatoms. The van der Waals surface area contributed by atoms with Crippen LogP contribution in [0.4, 0.5) is 5.69 Å². The van der Waals surface area contributed by atoms with E-state index >= 15 is 0 Å². The van der Waals surface area contributed by atoms with E-state index in [1.54, 1.807) is 0 Å². The molecule has 1 aromatic carbocycles. The predicted octanol–water partition coefficient (Wildman–Crippen LogP) is 3.16. The molecule has 0 radical (unpaired) electrons. The molecule has 0 bridgehead atoms. The van der Waals surface area contributed by atoms with Crippen molar-refractivity contribution in [2.45, 2.75) is 52.5 Å². The molecule has 2 unspecified atom stereocenters.